The average Bonchev–Trinajstić information content (AvgIpc) is 2.26. The predicted octanol–water partition coefficient (Wildman–Crippen LogP) is 2.97. The number of benzene rings is 1. The minimum atomic E-state index is 0.721. The van der Waals surface area contributed by atoms with Crippen LogP contribution in [0.5, 0.6) is 0 Å². The number of hydrogen-bond donors (Lipinski definition) is 1. The molecule has 1 nitrogen and oxygen atoms in total. The Bertz CT molecular complexity index is 333. The minimum Gasteiger partial charge on any atom is -0.312 e. The number of hydrogen-bond acceptors (Lipinski definition) is 2. The van der Waals surface area contributed by atoms with E-state index in [1.165, 1.54) is 23.1 Å². The molecule has 1 aromatic rings. The van der Waals surface area contributed by atoms with Gasteiger partial charge in [0.2, 0.25) is 0 Å². The molecule has 0 fully saturated rings. The highest BCUT2D eigenvalue weighted by atomic mass is 32.2. The van der Waals surface area contributed by atoms with Gasteiger partial charge in [-0.3, -0.25) is 0 Å². The molecule has 1 N–H and O–H groups in total. The van der Waals surface area contributed by atoms with Crippen molar-refractivity contribution in [1.82, 2.24) is 5.32 Å². The number of thioether (sulfide) groups is 1. The number of rotatable bonds is 3. The molecule has 15 heavy (non-hydrogen) atoms. The van der Waals surface area contributed by atoms with Gasteiger partial charge >= 0.3 is 0 Å². The second-order valence-electron chi connectivity index (χ2n) is 4.39. The van der Waals surface area contributed by atoms with E-state index < -0.39 is 0 Å². The van der Waals surface area contributed by atoms with Crippen LogP contribution in [0.3, 0.4) is 0 Å². The maximum Gasteiger partial charge on any atom is 0.0208 e. The summed E-state index contributed by atoms with van der Waals surface area (Å²) in [6.45, 7) is 6.69. The van der Waals surface area contributed by atoms with Crippen molar-refractivity contribution in [2.45, 2.75) is 37.8 Å². The second kappa shape index (κ2) is 5.04. The zero-order valence-corrected chi connectivity index (χ0v) is 10.4. The quantitative estimate of drug-likeness (QED) is 0.842. The van der Waals surface area contributed by atoms with E-state index in [9.17, 15) is 0 Å². The van der Waals surface area contributed by atoms with Crippen molar-refractivity contribution in [3.8, 4) is 0 Å². The van der Waals surface area contributed by atoms with Crippen LogP contribution >= 0.6 is 11.8 Å². The maximum absolute atomic E-state index is 3.43. The fourth-order valence-corrected chi connectivity index (χ4v) is 2.59. The van der Waals surface area contributed by atoms with Crippen molar-refractivity contribution in [3.05, 3.63) is 34.9 Å². The van der Waals surface area contributed by atoms with Crippen LogP contribution in [0.2, 0.25) is 0 Å². The molecule has 1 aromatic carbocycles. The van der Waals surface area contributed by atoms with Gasteiger partial charge in [-0.1, -0.05) is 32.0 Å². The van der Waals surface area contributed by atoms with Gasteiger partial charge in [0.1, 0.15) is 0 Å². The molecule has 0 saturated carbocycles. The third-order valence-electron chi connectivity index (χ3n) is 2.74. The lowest BCUT2D eigenvalue weighted by atomic mass is 9.99. The maximum atomic E-state index is 3.43. The molecule has 0 aliphatic carbocycles. The Morgan fingerprint density at radius 1 is 1.33 bits per heavy atom. The van der Waals surface area contributed by atoms with Crippen molar-refractivity contribution < 1.29 is 0 Å². The van der Waals surface area contributed by atoms with Gasteiger partial charge in [0.15, 0.2) is 0 Å². The molecular formula is C13H19NS. The van der Waals surface area contributed by atoms with Crippen molar-refractivity contribution in [3.63, 3.8) is 0 Å². The van der Waals surface area contributed by atoms with Gasteiger partial charge in [-0.05, 0) is 34.9 Å². The fraction of sp³-hybridized carbons (Fsp3) is 0.538. The van der Waals surface area contributed by atoms with Gasteiger partial charge in [-0.15, -0.1) is 0 Å². The van der Waals surface area contributed by atoms with Gasteiger partial charge < -0.3 is 5.32 Å². The Morgan fingerprint density at radius 3 is 3.00 bits per heavy atom. The van der Waals surface area contributed by atoms with Crippen LogP contribution < -0.4 is 5.32 Å². The first kappa shape index (κ1) is 11.0. The first-order chi connectivity index (χ1) is 7.25. The van der Waals surface area contributed by atoms with Crippen LogP contribution in [-0.4, -0.2) is 11.8 Å². The Labute approximate surface area is 96.7 Å². The zero-order chi connectivity index (χ0) is 10.7. The van der Waals surface area contributed by atoms with Crippen LogP contribution in [-0.2, 0) is 18.7 Å². The first-order valence-corrected chi connectivity index (χ1v) is 6.73. The Balaban J connectivity index is 2.07. The van der Waals surface area contributed by atoms with Gasteiger partial charge in [-0.2, -0.15) is 11.8 Å². The topological polar surface area (TPSA) is 12.0 Å². The molecule has 1 aliphatic rings. The molecule has 2 heteroatoms. The Hall–Kier alpha value is -0.470. The summed E-state index contributed by atoms with van der Waals surface area (Å²) in [7, 11) is 0. The Kier molecular flexibility index (Phi) is 3.71. The summed E-state index contributed by atoms with van der Waals surface area (Å²) in [5, 5.41) is 4.15. The lowest BCUT2D eigenvalue weighted by molar-refractivity contribution is 0.643. The Morgan fingerprint density at radius 2 is 2.20 bits per heavy atom. The average molecular weight is 221 g/mol. The highest BCUT2D eigenvalue weighted by Crippen LogP contribution is 2.21. The summed E-state index contributed by atoms with van der Waals surface area (Å²) in [5.41, 5.74) is 4.51. The number of nitrogens with one attached hydrogen (secondary N) is 1. The summed E-state index contributed by atoms with van der Waals surface area (Å²) in [6.07, 6.45) is 1.19. The first-order valence-electron chi connectivity index (χ1n) is 5.68. The third-order valence-corrected chi connectivity index (χ3v) is 3.91. The summed E-state index contributed by atoms with van der Waals surface area (Å²) in [6, 6.07) is 6.98. The minimum absolute atomic E-state index is 0.721. The van der Waals surface area contributed by atoms with Crippen molar-refractivity contribution >= 4 is 11.8 Å². The van der Waals surface area contributed by atoms with Crippen LogP contribution in [0.25, 0.3) is 0 Å². The molecular weight excluding hydrogens is 202 g/mol. The standard InChI is InChI=1S/C13H19NS/c1-10(2)15-9-11-3-4-12-5-6-14-8-13(12)7-11/h3-4,7,10,14H,5-6,8-9H2,1-2H3. The largest absolute Gasteiger partial charge is 0.312 e. The summed E-state index contributed by atoms with van der Waals surface area (Å²) in [5.74, 6) is 1.14. The van der Waals surface area contributed by atoms with Crippen LogP contribution in [0, 0.1) is 0 Å². The molecule has 0 amide bonds. The molecule has 1 heterocycles. The molecule has 1 aliphatic heterocycles. The van der Waals surface area contributed by atoms with E-state index in [1.54, 1.807) is 0 Å². The van der Waals surface area contributed by atoms with Gasteiger partial charge in [0, 0.05) is 12.3 Å². The van der Waals surface area contributed by atoms with E-state index in [1.807, 2.05) is 11.8 Å². The highest BCUT2D eigenvalue weighted by Gasteiger charge is 2.08. The van der Waals surface area contributed by atoms with Crippen LogP contribution in [0.15, 0.2) is 18.2 Å². The fourth-order valence-electron chi connectivity index (χ4n) is 1.89. The van der Waals surface area contributed by atoms with E-state index in [0.29, 0.717) is 0 Å². The second-order valence-corrected chi connectivity index (χ2v) is 5.95. The van der Waals surface area contributed by atoms with E-state index in [4.69, 9.17) is 0 Å². The molecule has 0 saturated heterocycles. The zero-order valence-electron chi connectivity index (χ0n) is 9.55. The SMILES string of the molecule is CC(C)SCc1ccc2c(c1)CNCC2. The monoisotopic (exact) mass is 221 g/mol. The predicted molar refractivity (Wildman–Crippen MR) is 68.3 cm³/mol. The molecule has 0 atom stereocenters. The molecule has 0 aromatic heterocycles. The smallest absolute Gasteiger partial charge is 0.0208 e. The van der Waals surface area contributed by atoms with Crippen molar-refractivity contribution in [1.29, 1.82) is 0 Å². The normalized spacial score (nSPS) is 15.4. The third kappa shape index (κ3) is 2.99. The highest BCUT2D eigenvalue weighted by molar-refractivity contribution is 7.99. The summed E-state index contributed by atoms with van der Waals surface area (Å²) >= 11 is 2.01. The molecule has 0 spiro atoms. The van der Waals surface area contributed by atoms with E-state index in [0.717, 1.165) is 24.1 Å². The molecule has 2 rings (SSSR count). The van der Waals surface area contributed by atoms with Crippen molar-refractivity contribution in [2.75, 3.05) is 6.54 Å². The molecule has 82 valence electrons. The summed E-state index contributed by atoms with van der Waals surface area (Å²) in [4.78, 5) is 0. The van der Waals surface area contributed by atoms with Gasteiger partial charge in [-0.25, -0.2) is 0 Å². The number of fused-ring (bicyclic) bond motifs is 1. The van der Waals surface area contributed by atoms with Crippen molar-refractivity contribution in [2.24, 2.45) is 0 Å². The van der Waals surface area contributed by atoms with Crippen LogP contribution in [0.1, 0.15) is 30.5 Å². The molecule has 0 unspecified atom stereocenters. The lowest BCUT2D eigenvalue weighted by Crippen LogP contribution is -2.23. The lowest BCUT2D eigenvalue weighted by Gasteiger charge is -2.18. The van der Waals surface area contributed by atoms with E-state index in [2.05, 4.69) is 37.4 Å². The summed E-state index contributed by atoms with van der Waals surface area (Å²) < 4.78 is 0. The van der Waals surface area contributed by atoms with Crippen LogP contribution in [0.4, 0.5) is 0 Å². The van der Waals surface area contributed by atoms with Gasteiger partial charge in [0.05, 0.1) is 0 Å². The molecule has 0 bridgehead atoms. The van der Waals surface area contributed by atoms with E-state index in [-0.39, 0.29) is 0 Å². The van der Waals surface area contributed by atoms with E-state index >= 15 is 0 Å². The van der Waals surface area contributed by atoms with Gasteiger partial charge in [0.25, 0.3) is 0 Å². The molecule has 0 radical (unpaired) electrons.